The highest BCUT2D eigenvalue weighted by atomic mass is 16.2. The van der Waals surface area contributed by atoms with E-state index in [-0.39, 0.29) is 17.3 Å². The lowest BCUT2D eigenvalue weighted by atomic mass is 10.1. The van der Waals surface area contributed by atoms with Gasteiger partial charge in [-0.3, -0.25) is 13.9 Å². The van der Waals surface area contributed by atoms with E-state index in [4.69, 9.17) is 0 Å². The van der Waals surface area contributed by atoms with Gasteiger partial charge in [-0.25, -0.2) is 9.78 Å². The lowest BCUT2D eigenvalue weighted by Gasteiger charge is -2.21. The number of hydrogen-bond acceptors (Lipinski definition) is 5. The Bertz CT molecular complexity index is 880. The first-order chi connectivity index (χ1) is 12.3. The molecular weight excluding hydrogens is 330 g/mol. The Labute approximate surface area is 154 Å². The summed E-state index contributed by atoms with van der Waals surface area (Å²) in [5, 5.41) is 3.97. The lowest BCUT2D eigenvalue weighted by Crippen LogP contribution is -2.38. The van der Waals surface area contributed by atoms with Crippen molar-refractivity contribution in [1.29, 1.82) is 0 Å². The maximum absolute atomic E-state index is 12.7. The number of nitrogens with zero attached hydrogens (tertiary/aromatic N) is 4. The molecule has 0 bridgehead atoms. The van der Waals surface area contributed by atoms with Crippen LogP contribution in [-0.4, -0.2) is 44.7 Å². The predicted octanol–water partition coefficient (Wildman–Crippen LogP) is 1.86. The number of aromatic nitrogens is 3. The second-order valence-electron chi connectivity index (χ2n) is 6.94. The van der Waals surface area contributed by atoms with E-state index in [2.05, 4.69) is 36.0 Å². The Morgan fingerprint density at radius 1 is 1.19 bits per heavy atom. The number of fused-ring (bicyclic) bond motifs is 1. The summed E-state index contributed by atoms with van der Waals surface area (Å²) >= 11 is 0. The first kappa shape index (κ1) is 20.2. The fourth-order valence-corrected chi connectivity index (χ4v) is 3.29. The van der Waals surface area contributed by atoms with Crippen LogP contribution in [0.2, 0.25) is 0 Å². The molecule has 1 unspecified atom stereocenters. The van der Waals surface area contributed by atoms with Crippen molar-refractivity contribution in [3.8, 4) is 0 Å². The van der Waals surface area contributed by atoms with Crippen molar-refractivity contribution in [3.05, 3.63) is 32.6 Å². The van der Waals surface area contributed by atoms with Gasteiger partial charge in [0.1, 0.15) is 5.39 Å². The van der Waals surface area contributed by atoms with E-state index in [1.54, 1.807) is 13.2 Å². The number of aryl methyl sites for hydroxylation is 2. The van der Waals surface area contributed by atoms with Crippen LogP contribution in [0.25, 0.3) is 11.0 Å². The molecular formula is C19H31N5O2. The van der Waals surface area contributed by atoms with Gasteiger partial charge in [-0.1, -0.05) is 13.8 Å². The molecule has 0 saturated carbocycles. The van der Waals surface area contributed by atoms with Crippen LogP contribution in [0, 0.1) is 6.92 Å². The highest BCUT2D eigenvalue weighted by molar-refractivity contribution is 5.90. The topological polar surface area (TPSA) is 72.2 Å². The Hall–Kier alpha value is -2.15. The lowest BCUT2D eigenvalue weighted by molar-refractivity contribution is 0.295. The van der Waals surface area contributed by atoms with Gasteiger partial charge in [0, 0.05) is 26.3 Å². The van der Waals surface area contributed by atoms with Gasteiger partial charge in [0.2, 0.25) is 0 Å². The molecule has 2 rings (SSSR count). The summed E-state index contributed by atoms with van der Waals surface area (Å²) in [5.74, 6) is 0. The molecule has 2 aromatic heterocycles. The quantitative estimate of drug-likeness (QED) is 0.777. The van der Waals surface area contributed by atoms with E-state index >= 15 is 0 Å². The molecule has 0 saturated heterocycles. The van der Waals surface area contributed by atoms with Crippen LogP contribution in [0.15, 0.2) is 15.8 Å². The zero-order valence-corrected chi connectivity index (χ0v) is 16.8. The fraction of sp³-hybridized carbons (Fsp3) is 0.632. The summed E-state index contributed by atoms with van der Waals surface area (Å²) < 4.78 is 2.56. The molecule has 0 aromatic carbocycles. The minimum atomic E-state index is -0.364. The van der Waals surface area contributed by atoms with Crippen LogP contribution in [0.5, 0.6) is 0 Å². The zero-order chi connectivity index (χ0) is 19.4. The van der Waals surface area contributed by atoms with Gasteiger partial charge < -0.3 is 10.2 Å². The molecule has 0 aliphatic heterocycles. The molecule has 0 amide bonds. The molecule has 0 radical (unpaired) electrons. The predicted molar refractivity (Wildman–Crippen MR) is 107 cm³/mol. The maximum atomic E-state index is 12.7. The van der Waals surface area contributed by atoms with Crippen molar-refractivity contribution in [3.63, 3.8) is 0 Å². The minimum absolute atomic E-state index is 0.219. The van der Waals surface area contributed by atoms with Gasteiger partial charge in [0.05, 0.1) is 5.69 Å². The molecule has 0 aliphatic carbocycles. The molecule has 144 valence electrons. The average Bonchev–Trinajstić information content (AvgIpc) is 2.63. The van der Waals surface area contributed by atoms with Gasteiger partial charge in [-0.05, 0) is 51.9 Å². The molecule has 1 N–H and O–H groups in total. The third kappa shape index (κ3) is 3.98. The maximum Gasteiger partial charge on any atom is 0.332 e. The van der Waals surface area contributed by atoms with Crippen molar-refractivity contribution in [2.75, 3.05) is 25.0 Å². The molecule has 0 spiro atoms. The van der Waals surface area contributed by atoms with Crippen LogP contribution in [0.1, 0.15) is 39.2 Å². The SMILES string of the molecule is CCN(CC)CCCC(C)Nc1c(C)cnc2c1c(=O)n(C)c(=O)n2C. The number of hydrogen-bond donors (Lipinski definition) is 1. The monoisotopic (exact) mass is 361 g/mol. The van der Waals surface area contributed by atoms with Crippen LogP contribution < -0.4 is 16.6 Å². The zero-order valence-electron chi connectivity index (χ0n) is 16.8. The van der Waals surface area contributed by atoms with Crippen molar-refractivity contribution >= 4 is 16.7 Å². The average molecular weight is 361 g/mol. The van der Waals surface area contributed by atoms with Crippen molar-refractivity contribution in [1.82, 2.24) is 19.0 Å². The number of anilines is 1. The van der Waals surface area contributed by atoms with E-state index < -0.39 is 0 Å². The van der Waals surface area contributed by atoms with Gasteiger partial charge in [0.25, 0.3) is 5.56 Å². The molecule has 2 aromatic rings. The van der Waals surface area contributed by atoms with Crippen molar-refractivity contribution in [2.24, 2.45) is 14.1 Å². The summed E-state index contributed by atoms with van der Waals surface area (Å²) in [7, 11) is 3.15. The standard InChI is InChI=1S/C19H31N5O2/c1-7-24(8-2)11-9-10-14(4)21-16-13(3)12-20-17-15(16)18(25)23(6)19(26)22(17)5/h12,14H,7-11H2,1-6H3,(H,20,21). The molecule has 7 nitrogen and oxygen atoms in total. The van der Waals surface area contributed by atoms with E-state index in [1.165, 1.54) is 11.6 Å². The molecule has 0 fully saturated rings. The number of rotatable bonds is 8. The Morgan fingerprint density at radius 3 is 2.46 bits per heavy atom. The summed E-state index contributed by atoms with van der Waals surface area (Å²) in [6, 6.07) is 0.219. The molecule has 1 atom stereocenters. The highest BCUT2D eigenvalue weighted by Gasteiger charge is 2.17. The highest BCUT2D eigenvalue weighted by Crippen LogP contribution is 2.23. The van der Waals surface area contributed by atoms with Crippen LogP contribution in [0.4, 0.5) is 5.69 Å². The molecule has 2 heterocycles. The molecule has 26 heavy (non-hydrogen) atoms. The Morgan fingerprint density at radius 2 is 1.85 bits per heavy atom. The Kier molecular flexibility index (Phi) is 6.58. The van der Waals surface area contributed by atoms with Gasteiger partial charge >= 0.3 is 5.69 Å². The van der Waals surface area contributed by atoms with Gasteiger partial charge in [0.15, 0.2) is 5.65 Å². The first-order valence-corrected chi connectivity index (χ1v) is 9.35. The Balaban J connectivity index is 2.31. The van der Waals surface area contributed by atoms with E-state index in [0.717, 1.165) is 48.3 Å². The van der Waals surface area contributed by atoms with Crippen LogP contribution in [0.3, 0.4) is 0 Å². The van der Waals surface area contributed by atoms with Gasteiger partial charge in [-0.15, -0.1) is 0 Å². The van der Waals surface area contributed by atoms with E-state index in [9.17, 15) is 9.59 Å². The normalized spacial score (nSPS) is 12.7. The van der Waals surface area contributed by atoms with Crippen LogP contribution >= 0.6 is 0 Å². The number of nitrogens with one attached hydrogen (secondary N) is 1. The van der Waals surface area contributed by atoms with Crippen LogP contribution in [-0.2, 0) is 14.1 Å². The molecule has 7 heteroatoms. The minimum Gasteiger partial charge on any atom is -0.382 e. The second-order valence-corrected chi connectivity index (χ2v) is 6.94. The van der Waals surface area contributed by atoms with E-state index in [0.29, 0.717) is 11.0 Å². The van der Waals surface area contributed by atoms with Crippen molar-refractivity contribution in [2.45, 2.75) is 46.6 Å². The smallest absolute Gasteiger partial charge is 0.332 e. The third-order valence-corrected chi connectivity index (χ3v) is 5.06. The third-order valence-electron chi connectivity index (χ3n) is 5.06. The summed E-state index contributed by atoms with van der Waals surface area (Å²) in [6.45, 7) is 11.6. The van der Waals surface area contributed by atoms with Crippen molar-refractivity contribution < 1.29 is 0 Å². The van der Waals surface area contributed by atoms with E-state index in [1.807, 2.05) is 6.92 Å². The fourth-order valence-electron chi connectivity index (χ4n) is 3.29. The first-order valence-electron chi connectivity index (χ1n) is 9.35. The summed E-state index contributed by atoms with van der Waals surface area (Å²) in [4.78, 5) is 31.6. The number of pyridine rings is 1. The summed E-state index contributed by atoms with van der Waals surface area (Å²) in [5.41, 5.74) is 1.43. The van der Waals surface area contributed by atoms with Gasteiger partial charge in [-0.2, -0.15) is 0 Å². The second kappa shape index (κ2) is 8.49. The largest absolute Gasteiger partial charge is 0.382 e. The summed E-state index contributed by atoms with van der Waals surface area (Å²) in [6.07, 6.45) is 3.81. The molecule has 0 aliphatic rings.